The Balaban J connectivity index is 1.37. The molecule has 2 aromatic heterocycles. The number of alkyl halides is 6. The van der Waals surface area contributed by atoms with Crippen molar-refractivity contribution in [2.24, 2.45) is 5.92 Å². The van der Waals surface area contributed by atoms with Crippen molar-refractivity contribution in [3.8, 4) is 11.5 Å². The van der Waals surface area contributed by atoms with Crippen LogP contribution in [0.4, 0.5) is 36.6 Å². The summed E-state index contributed by atoms with van der Waals surface area (Å²) in [7, 11) is 0. The van der Waals surface area contributed by atoms with E-state index in [0.717, 1.165) is 18.2 Å². The molecule has 1 aromatic carbocycles. The van der Waals surface area contributed by atoms with Gasteiger partial charge in [0.25, 0.3) is 5.89 Å². The summed E-state index contributed by atoms with van der Waals surface area (Å²) >= 11 is 0. The standard InChI is InChI=1S/C23H20F7N5O2/c1-12-9-13(20(36)32-18-4-2-3-17(31-18)23(28,29)30)7-8-35(12)11-19-33-21(37-34-19)14-5-6-16(24)15(10-14)22(25,26)27/h2-6,10,12-13H,7-9,11H2,1H3,(H,31,32,36)/t12-,13-/m0/s1. The average Bonchev–Trinajstić information content (AvgIpc) is 3.28. The number of amides is 1. The number of aromatic nitrogens is 3. The Hall–Kier alpha value is -3.55. The van der Waals surface area contributed by atoms with Gasteiger partial charge >= 0.3 is 12.4 Å². The number of carbonyl (C=O) groups excluding carboxylic acids is 1. The molecule has 1 saturated heterocycles. The van der Waals surface area contributed by atoms with Crippen molar-refractivity contribution < 1.29 is 40.1 Å². The first-order valence-corrected chi connectivity index (χ1v) is 11.1. The molecule has 0 saturated carbocycles. The maximum atomic E-state index is 13.5. The van der Waals surface area contributed by atoms with E-state index in [1.54, 1.807) is 0 Å². The predicted octanol–water partition coefficient (Wildman–Crippen LogP) is 5.55. The molecule has 37 heavy (non-hydrogen) atoms. The molecule has 2 atom stereocenters. The maximum absolute atomic E-state index is 13.5. The lowest BCUT2D eigenvalue weighted by Crippen LogP contribution is -2.43. The summed E-state index contributed by atoms with van der Waals surface area (Å²) in [6.45, 7) is 2.45. The number of nitrogens with zero attached hydrogens (tertiary/aromatic N) is 4. The van der Waals surface area contributed by atoms with E-state index in [9.17, 15) is 35.5 Å². The molecule has 3 aromatic rings. The molecule has 198 valence electrons. The lowest BCUT2D eigenvalue weighted by molar-refractivity contribution is -0.141. The normalized spacial score (nSPS) is 19.1. The minimum absolute atomic E-state index is 0.0842. The van der Waals surface area contributed by atoms with Crippen LogP contribution in [0.2, 0.25) is 0 Å². The quantitative estimate of drug-likeness (QED) is 0.435. The Kier molecular flexibility index (Phi) is 7.22. The van der Waals surface area contributed by atoms with Gasteiger partial charge < -0.3 is 9.84 Å². The van der Waals surface area contributed by atoms with E-state index in [0.29, 0.717) is 31.5 Å². The van der Waals surface area contributed by atoms with Crippen molar-refractivity contribution >= 4 is 11.7 Å². The molecule has 7 nitrogen and oxygen atoms in total. The Morgan fingerprint density at radius 1 is 1.11 bits per heavy atom. The van der Waals surface area contributed by atoms with Crippen LogP contribution in [0.5, 0.6) is 0 Å². The lowest BCUT2D eigenvalue weighted by Gasteiger charge is -2.36. The van der Waals surface area contributed by atoms with Gasteiger partial charge in [0.1, 0.15) is 17.3 Å². The van der Waals surface area contributed by atoms with Crippen LogP contribution in [0.15, 0.2) is 40.9 Å². The van der Waals surface area contributed by atoms with Crippen LogP contribution in [0, 0.1) is 11.7 Å². The van der Waals surface area contributed by atoms with Gasteiger partial charge in [0.05, 0.1) is 12.1 Å². The van der Waals surface area contributed by atoms with E-state index < -0.39 is 41.3 Å². The fourth-order valence-electron chi connectivity index (χ4n) is 4.08. The average molecular weight is 531 g/mol. The molecule has 3 heterocycles. The van der Waals surface area contributed by atoms with Crippen LogP contribution in [0.3, 0.4) is 0 Å². The molecule has 0 bridgehead atoms. The monoisotopic (exact) mass is 531 g/mol. The first-order valence-electron chi connectivity index (χ1n) is 11.1. The summed E-state index contributed by atoms with van der Waals surface area (Å²) in [4.78, 5) is 22.1. The van der Waals surface area contributed by atoms with Gasteiger partial charge in [-0.25, -0.2) is 9.37 Å². The summed E-state index contributed by atoms with van der Waals surface area (Å²) in [5.41, 5.74) is -2.64. The molecular weight excluding hydrogens is 511 g/mol. The number of hydrogen-bond acceptors (Lipinski definition) is 6. The highest BCUT2D eigenvalue weighted by Gasteiger charge is 2.35. The van der Waals surface area contributed by atoms with Crippen LogP contribution in [0.1, 0.15) is 36.8 Å². The fourth-order valence-corrected chi connectivity index (χ4v) is 4.08. The maximum Gasteiger partial charge on any atom is 0.433 e. The van der Waals surface area contributed by atoms with Crippen LogP contribution >= 0.6 is 0 Å². The van der Waals surface area contributed by atoms with Crippen LogP contribution in [0.25, 0.3) is 11.5 Å². The van der Waals surface area contributed by atoms with Gasteiger partial charge in [-0.2, -0.15) is 31.3 Å². The number of carbonyl (C=O) groups is 1. The second-order valence-corrected chi connectivity index (χ2v) is 8.64. The Morgan fingerprint density at radius 2 is 1.86 bits per heavy atom. The summed E-state index contributed by atoms with van der Waals surface area (Å²) in [5, 5.41) is 6.23. The number of halogens is 7. The highest BCUT2D eigenvalue weighted by molar-refractivity contribution is 5.91. The molecular formula is C23H20F7N5O2. The molecule has 1 aliphatic heterocycles. The van der Waals surface area contributed by atoms with Crippen molar-refractivity contribution in [1.29, 1.82) is 0 Å². The van der Waals surface area contributed by atoms with E-state index >= 15 is 0 Å². The van der Waals surface area contributed by atoms with E-state index in [1.165, 1.54) is 6.07 Å². The number of hydrogen-bond donors (Lipinski definition) is 1. The SMILES string of the molecule is C[C@H]1C[C@@H](C(=O)Nc2cccc(C(F)(F)F)n2)CCN1Cc1noc(-c2ccc(F)c(C(F)(F)F)c2)n1. The van der Waals surface area contributed by atoms with E-state index in [2.05, 4.69) is 20.4 Å². The number of rotatable bonds is 5. The van der Waals surface area contributed by atoms with Gasteiger partial charge in [-0.05, 0) is 56.6 Å². The summed E-state index contributed by atoms with van der Waals surface area (Å²) in [6.07, 6.45) is -8.73. The number of nitrogens with one attached hydrogen (secondary N) is 1. The van der Waals surface area contributed by atoms with Crippen molar-refractivity contribution in [2.45, 2.75) is 44.7 Å². The molecule has 1 N–H and O–H groups in total. The van der Waals surface area contributed by atoms with Crippen molar-refractivity contribution in [3.63, 3.8) is 0 Å². The lowest BCUT2D eigenvalue weighted by atomic mass is 9.91. The molecule has 0 aliphatic carbocycles. The second kappa shape index (κ2) is 10.1. The molecule has 1 amide bonds. The largest absolute Gasteiger partial charge is 0.433 e. The number of piperidine rings is 1. The molecule has 1 aliphatic rings. The first-order chi connectivity index (χ1) is 17.3. The third kappa shape index (κ3) is 6.24. The molecule has 0 unspecified atom stereocenters. The van der Waals surface area contributed by atoms with Crippen LogP contribution < -0.4 is 5.32 Å². The molecule has 0 radical (unpaired) electrons. The van der Waals surface area contributed by atoms with E-state index in [-0.39, 0.29) is 35.7 Å². The smallest absolute Gasteiger partial charge is 0.334 e. The van der Waals surface area contributed by atoms with Crippen molar-refractivity contribution in [2.75, 3.05) is 11.9 Å². The minimum atomic E-state index is -4.88. The van der Waals surface area contributed by atoms with Gasteiger partial charge in [-0.1, -0.05) is 11.2 Å². The zero-order valence-corrected chi connectivity index (χ0v) is 19.2. The van der Waals surface area contributed by atoms with E-state index in [4.69, 9.17) is 4.52 Å². The number of likely N-dealkylation sites (tertiary alicyclic amines) is 1. The molecule has 1 fully saturated rings. The van der Waals surface area contributed by atoms with Gasteiger partial charge in [-0.3, -0.25) is 9.69 Å². The molecule has 4 rings (SSSR count). The minimum Gasteiger partial charge on any atom is -0.334 e. The number of pyridine rings is 1. The highest BCUT2D eigenvalue weighted by Crippen LogP contribution is 2.34. The number of benzene rings is 1. The highest BCUT2D eigenvalue weighted by atomic mass is 19.4. The zero-order chi connectivity index (χ0) is 27.0. The zero-order valence-electron chi connectivity index (χ0n) is 19.2. The third-order valence-corrected chi connectivity index (χ3v) is 6.01. The Labute approximate surface area is 205 Å². The van der Waals surface area contributed by atoms with Gasteiger partial charge in [0.15, 0.2) is 5.82 Å². The number of anilines is 1. The second-order valence-electron chi connectivity index (χ2n) is 8.64. The Bertz CT molecular complexity index is 1270. The first kappa shape index (κ1) is 26.5. The summed E-state index contributed by atoms with van der Waals surface area (Å²) < 4.78 is 96.1. The van der Waals surface area contributed by atoms with Gasteiger partial charge in [-0.15, -0.1) is 0 Å². The Morgan fingerprint density at radius 3 is 2.54 bits per heavy atom. The molecule has 0 spiro atoms. The fraction of sp³-hybridized carbons (Fsp3) is 0.391. The third-order valence-electron chi connectivity index (χ3n) is 6.01. The van der Waals surface area contributed by atoms with Gasteiger partial charge in [0, 0.05) is 17.5 Å². The van der Waals surface area contributed by atoms with E-state index in [1.807, 2.05) is 11.8 Å². The summed E-state index contributed by atoms with van der Waals surface area (Å²) in [5.74, 6) is -2.53. The summed E-state index contributed by atoms with van der Waals surface area (Å²) in [6, 6.07) is 5.47. The van der Waals surface area contributed by atoms with Crippen molar-refractivity contribution in [3.05, 3.63) is 59.3 Å². The molecule has 14 heteroatoms. The predicted molar refractivity (Wildman–Crippen MR) is 115 cm³/mol. The topological polar surface area (TPSA) is 84.2 Å². The van der Waals surface area contributed by atoms with Crippen LogP contribution in [-0.2, 0) is 23.7 Å². The van der Waals surface area contributed by atoms with Gasteiger partial charge in [0.2, 0.25) is 5.91 Å². The van der Waals surface area contributed by atoms with Crippen LogP contribution in [-0.4, -0.2) is 38.5 Å². The van der Waals surface area contributed by atoms with Crippen molar-refractivity contribution in [1.82, 2.24) is 20.0 Å².